The quantitative estimate of drug-likeness (QED) is 0.401. The molecule has 0 spiro atoms. The minimum Gasteiger partial charge on any atom is -0.374 e. The summed E-state index contributed by atoms with van der Waals surface area (Å²) in [6, 6.07) is 0. The van der Waals surface area contributed by atoms with Crippen LogP contribution >= 0.6 is 35.7 Å². The van der Waals surface area contributed by atoms with E-state index in [9.17, 15) is 0 Å². The Kier molecular flexibility index (Phi) is 10.2. The highest BCUT2D eigenvalue weighted by molar-refractivity contribution is 14.0. The first-order valence-corrected chi connectivity index (χ1v) is 7.99. The summed E-state index contributed by atoms with van der Waals surface area (Å²) in [5.74, 6) is 0.846. The van der Waals surface area contributed by atoms with Gasteiger partial charge in [0.15, 0.2) is 5.96 Å². The molecule has 120 valence electrons. The number of aliphatic imine (C=N–C) groups is 1. The normalized spacial score (nSPS) is 21.2. The molecule has 0 radical (unpaired) electrons. The summed E-state index contributed by atoms with van der Waals surface area (Å²) in [5.41, 5.74) is 0. The molecule has 7 heteroatoms. The molecule has 1 fully saturated rings. The molecular weight excluding hydrogens is 387 g/mol. The van der Waals surface area contributed by atoms with Crippen LogP contribution in [0, 0.1) is 0 Å². The van der Waals surface area contributed by atoms with Crippen molar-refractivity contribution in [2.24, 2.45) is 4.99 Å². The number of likely N-dealkylation sites (N-methyl/N-ethyl adjacent to an activating group) is 1. The molecule has 0 aromatic carbocycles. The Bertz CT molecular complexity index is 302. The fourth-order valence-corrected chi connectivity index (χ4v) is 2.01. The number of thioether (sulfide) groups is 1. The van der Waals surface area contributed by atoms with E-state index in [1.165, 1.54) is 0 Å². The van der Waals surface area contributed by atoms with Gasteiger partial charge in [-0.3, -0.25) is 4.99 Å². The maximum absolute atomic E-state index is 5.72. The monoisotopic (exact) mass is 416 g/mol. The van der Waals surface area contributed by atoms with Gasteiger partial charge in [-0.1, -0.05) is 0 Å². The van der Waals surface area contributed by atoms with Crippen molar-refractivity contribution in [3.05, 3.63) is 0 Å². The molecule has 5 nitrogen and oxygen atoms in total. The molecule has 1 atom stereocenters. The first-order valence-electron chi connectivity index (χ1n) is 6.76. The summed E-state index contributed by atoms with van der Waals surface area (Å²) in [5, 5.41) is 6.69. The van der Waals surface area contributed by atoms with E-state index < -0.39 is 0 Å². The van der Waals surface area contributed by atoms with Crippen molar-refractivity contribution in [1.82, 2.24) is 15.5 Å². The molecule has 0 aromatic heterocycles. The number of rotatable bonds is 5. The average molecular weight is 416 g/mol. The SMILES string of the molecule is CN=C(NCC1CN(C)CCO1)NCC(C)(C)SC.I. The molecule has 0 bridgehead atoms. The number of morpholine rings is 1. The predicted molar refractivity (Wildman–Crippen MR) is 99.6 cm³/mol. The van der Waals surface area contributed by atoms with Crippen LogP contribution in [0.25, 0.3) is 0 Å². The average Bonchev–Trinajstić information content (AvgIpc) is 2.39. The highest BCUT2D eigenvalue weighted by atomic mass is 127. The van der Waals surface area contributed by atoms with Gasteiger partial charge in [-0.25, -0.2) is 0 Å². The first-order chi connectivity index (χ1) is 8.96. The Morgan fingerprint density at radius 3 is 2.70 bits per heavy atom. The number of nitrogens with zero attached hydrogens (tertiary/aromatic N) is 2. The third-order valence-electron chi connectivity index (χ3n) is 3.30. The molecule has 2 N–H and O–H groups in total. The molecule has 0 saturated carbocycles. The summed E-state index contributed by atoms with van der Waals surface area (Å²) in [6.07, 6.45) is 2.37. The van der Waals surface area contributed by atoms with Crippen LogP contribution in [-0.2, 0) is 4.74 Å². The van der Waals surface area contributed by atoms with Crippen LogP contribution in [0.3, 0.4) is 0 Å². The van der Waals surface area contributed by atoms with Gasteiger partial charge in [0, 0.05) is 38.0 Å². The lowest BCUT2D eigenvalue weighted by Gasteiger charge is -2.30. The molecular formula is C13H29IN4OS. The maximum atomic E-state index is 5.72. The summed E-state index contributed by atoms with van der Waals surface area (Å²) < 4.78 is 5.93. The number of ether oxygens (including phenoxy) is 1. The van der Waals surface area contributed by atoms with Gasteiger partial charge in [0.05, 0.1) is 12.7 Å². The molecule has 1 heterocycles. The van der Waals surface area contributed by atoms with Crippen LogP contribution in [0.4, 0.5) is 0 Å². The molecule has 20 heavy (non-hydrogen) atoms. The Hall–Kier alpha value is 0.270. The van der Waals surface area contributed by atoms with Crippen LogP contribution < -0.4 is 10.6 Å². The summed E-state index contributed by atoms with van der Waals surface area (Å²) in [4.78, 5) is 6.54. The van der Waals surface area contributed by atoms with Gasteiger partial charge in [-0.2, -0.15) is 11.8 Å². The van der Waals surface area contributed by atoms with Crippen LogP contribution in [0.5, 0.6) is 0 Å². The van der Waals surface area contributed by atoms with E-state index in [1.54, 1.807) is 7.05 Å². The molecule has 0 aliphatic carbocycles. The standard InChI is InChI=1S/C13H28N4OS.HI/c1-13(2,19-5)10-16-12(14-3)15-8-11-9-17(4)6-7-18-11;/h11H,6-10H2,1-5H3,(H2,14,15,16);1H. The number of hydrogen-bond donors (Lipinski definition) is 2. The van der Waals surface area contributed by atoms with E-state index in [0.29, 0.717) is 0 Å². The second-order valence-electron chi connectivity index (χ2n) is 5.53. The van der Waals surface area contributed by atoms with E-state index in [-0.39, 0.29) is 34.8 Å². The van der Waals surface area contributed by atoms with Crippen molar-refractivity contribution in [2.45, 2.75) is 24.7 Å². The summed E-state index contributed by atoms with van der Waals surface area (Å²) >= 11 is 1.85. The number of halogens is 1. The summed E-state index contributed by atoms with van der Waals surface area (Å²) in [6.45, 7) is 8.93. The fraction of sp³-hybridized carbons (Fsp3) is 0.923. The topological polar surface area (TPSA) is 48.9 Å². The van der Waals surface area contributed by atoms with Crippen LogP contribution in [0.2, 0.25) is 0 Å². The van der Waals surface area contributed by atoms with Crippen molar-refractivity contribution >= 4 is 41.7 Å². The van der Waals surface area contributed by atoms with E-state index >= 15 is 0 Å². The van der Waals surface area contributed by atoms with Crippen LogP contribution in [0.15, 0.2) is 4.99 Å². The number of guanidine groups is 1. The van der Waals surface area contributed by atoms with Gasteiger partial charge in [-0.15, -0.1) is 24.0 Å². The van der Waals surface area contributed by atoms with Gasteiger partial charge in [0.25, 0.3) is 0 Å². The van der Waals surface area contributed by atoms with E-state index in [0.717, 1.165) is 38.7 Å². The minimum atomic E-state index is 0. The lowest BCUT2D eigenvalue weighted by molar-refractivity contribution is -0.0161. The van der Waals surface area contributed by atoms with Crippen molar-refractivity contribution in [1.29, 1.82) is 0 Å². The zero-order valence-electron chi connectivity index (χ0n) is 13.2. The van der Waals surface area contributed by atoms with Gasteiger partial charge in [0.2, 0.25) is 0 Å². The lowest BCUT2D eigenvalue weighted by Crippen LogP contribution is -2.49. The molecule has 0 amide bonds. The van der Waals surface area contributed by atoms with Crippen LogP contribution in [-0.4, -0.2) is 74.8 Å². The second kappa shape index (κ2) is 10.1. The minimum absolute atomic E-state index is 0. The first kappa shape index (κ1) is 20.3. The van der Waals surface area contributed by atoms with E-state index in [2.05, 4.69) is 47.7 Å². The third-order valence-corrected chi connectivity index (χ3v) is 4.55. The highest BCUT2D eigenvalue weighted by Crippen LogP contribution is 2.19. The Balaban J connectivity index is 0.00000361. The zero-order chi connectivity index (χ0) is 14.3. The Labute approximate surface area is 144 Å². The fourth-order valence-electron chi connectivity index (χ4n) is 1.79. The lowest BCUT2D eigenvalue weighted by atomic mass is 10.2. The van der Waals surface area contributed by atoms with Gasteiger partial charge in [0.1, 0.15) is 0 Å². The molecule has 1 rings (SSSR count). The Morgan fingerprint density at radius 1 is 1.45 bits per heavy atom. The second-order valence-corrected chi connectivity index (χ2v) is 7.04. The van der Waals surface area contributed by atoms with E-state index in [4.69, 9.17) is 4.74 Å². The smallest absolute Gasteiger partial charge is 0.191 e. The zero-order valence-corrected chi connectivity index (χ0v) is 16.4. The molecule has 1 unspecified atom stereocenters. The van der Waals surface area contributed by atoms with Gasteiger partial charge < -0.3 is 20.3 Å². The Morgan fingerprint density at radius 2 is 2.15 bits per heavy atom. The van der Waals surface area contributed by atoms with Crippen molar-refractivity contribution in [3.63, 3.8) is 0 Å². The van der Waals surface area contributed by atoms with Crippen molar-refractivity contribution < 1.29 is 4.74 Å². The molecule has 1 aliphatic rings. The van der Waals surface area contributed by atoms with Crippen molar-refractivity contribution in [3.8, 4) is 0 Å². The number of hydrogen-bond acceptors (Lipinski definition) is 4. The third kappa shape index (κ3) is 7.90. The van der Waals surface area contributed by atoms with Gasteiger partial charge in [-0.05, 0) is 27.2 Å². The van der Waals surface area contributed by atoms with Gasteiger partial charge >= 0.3 is 0 Å². The number of nitrogens with one attached hydrogen (secondary N) is 2. The molecule has 0 aromatic rings. The van der Waals surface area contributed by atoms with Crippen LogP contribution in [0.1, 0.15) is 13.8 Å². The predicted octanol–water partition coefficient (Wildman–Crippen LogP) is 1.24. The highest BCUT2D eigenvalue weighted by Gasteiger charge is 2.19. The summed E-state index contributed by atoms with van der Waals surface area (Å²) in [7, 11) is 3.93. The maximum Gasteiger partial charge on any atom is 0.191 e. The largest absolute Gasteiger partial charge is 0.374 e. The van der Waals surface area contributed by atoms with E-state index in [1.807, 2.05) is 11.8 Å². The molecule has 1 saturated heterocycles. The molecule has 1 aliphatic heterocycles. The van der Waals surface area contributed by atoms with Crippen molar-refractivity contribution in [2.75, 3.05) is 53.1 Å².